The number of pyridine rings is 1. The highest BCUT2D eigenvalue weighted by Gasteiger charge is 2.27. The lowest BCUT2D eigenvalue weighted by Crippen LogP contribution is -2.05. The van der Waals surface area contributed by atoms with Gasteiger partial charge in [0.2, 0.25) is 0 Å². The lowest BCUT2D eigenvalue weighted by Gasteiger charge is -2.09. The van der Waals surface area contributed by atoms with Gasteiger partial charge in [-0.05, 0) is 31.4 Å². The van der Waals surface area contributed by atoms with Crippen LogP contribution < -0.4 is 5.32 Å². The smallest absolute Gasteiger partial charge is 0.134 e. The van der Waals surface area contributed by atoms with Gasteiger partial charge in [-0.1, -0.05) is 6.92 Å². The summed E-state index contributed by atoms with van der Waals surface area (Å²) >= 11 is 0. The molecule has 19 heavy (non-hydrogen) atoms. The molecule has 0 atom stereocenters. The van der Waals surface area contributed by atoms with Gasteiger partial charge in [-0.15, -0.1) is 0 Å². The quantitative estimate of drug-likeness (QED) is 0.890. The van der Waals surface area contributed by atoms with Crippen molar-refractivity contribution in [1.29, 1.82) is 0 Å². The fourth-order valence-electron chi connectivity index (χ4n) is 2.00. The molecular formula is C15H18N4. The maximum Gasteiger partial charge on any atom is 0.134 e. The Bertz CT molecular complexity index is 549. The van der Waals surface area contributed by atoms with Gasteiger partial charge >= 0.3 is 0 Å². The normalized spacial score (nSPS) is 14.4. The zero-order valence-corrected chi connectivity index (χ0v) is 11.1. The van der Waals surface area contributed by atoms with Crippen molar-refractivity contribution in [3.63, 3.8) is 0 Å². The van der Waals surface area contributed by atoms with Crippen molar-refractivity contribution < 1.29 is 0 Å². The largest absolute Gasteiger partial charge is 0.370 e. The summed E-state index contributed by atoms with van der Waals surface area (Å²) < 4.78 is 0. The summed E-state index contributed by atoms with van der Waals surface area (Å²) in [5.41, 5.74) is 2.01. The molecule has 3 rings (SSSR count). The first-order valence-corrected chi connectivity index (χ1v) is 6.90. The Morgan fingerprint density at radius 1 is 1.32 bits per heavy atom. The molecule has 1 fully saturated rings. The molecular weight excluding hydrogens is 236 g/mol. The molecule has 0 amide bonds. The highest BCUT2D eigenvalue weighted by Crippen LogP contribution is 2.39. The van der Waals surface area contributed by atoms with Crippen LogP contribution in [0.3, 0.4) is 0 Å². The van der Waals surface area contributed by atoms with Gasteiger partial charge in [-0.25, -0.2) is 9.97 Å². The third-order valence-electron chi connectivity index (χ3n) is 3.20. The van der Waals surface area contributed by atoms with Gasteiger partial charge in [-0.3, -0.25) is 4.98 Å². The van der Waals surface area contributed by atoms with Crippen LogP contribution >= 0.6 is 0 Å². The SMILES string of the molecule is CCCNc1cc(-c2cccnc2)nc(C2CC2)n1. The Morgan fingerprint density at radius 3 is 2.89 bits per heavy atom. The number of aromatic nitrogens is 3. The molecule has 0 aromatic carbocycles. The third-order valence-corrected chi connectivity index (χ3v) is 3.20. The summed E-state index contributed by atoms with van der Waals surface area (Å²) in [6, 6.07) is 5.99. The molecule has 4 nitrogen and oxygen atoms in total. The lowest BCUT2D eigenvalue weighted by atomic mass is 10.2. The molecule has 2 aromatic rings. The van der Waals surface area contributed by atoms with Crippen molar-refractivity contribution in [3.05, 3.63) is 36.4 Å². The van der Waals surface area contributed by atoms with E-state index in [0.717, 1.165) is 35.9 Å². The topological polar surface area (TPSA) is 50.7 Å². The summed E-state index contributed by atoms with van der Waals surface area (Å²) in [5.74, 6) is 2.45. The van der Waals surface area contributed by atoms with Crippen LogP contribution in [0.2, 0.25) is 0 Å². The minimum Gasteiger partial charge on any atom is -0.370 e. The minimum atomic E-state index is 0.554. The maximum atomic E-state index is 4.68. The number of rotatable bonds is 5. The van der Waals surface area contributed by atoms with E-state index in [0.29, 0.717) is 5.92 Å². The number of nitrogens with one attached hydrogen (secondary N) is 1. The van der Waals surface area contributed by atoms with E-state index < -0.39 is 0 Å². The lowest BCUT2D eigenvalue weighted by molar-refractivity contribution is 0.911. The van der Waals surface area contributed by atoms with Crippen molar-refractivity contribution in [1.82, 2.24) is 15.0 Å². The van der Waals surface area contributed by atoms with Crippen LogP contribution in [0, 0.1) is 0 Å². The Balaban J connectivity index is 1.96. The molecule has 4 heteroatoms. The van der Waals surface area contributed by atoms with Gasteiger partial charge in [0.1, 0.15) is 11.6 Å². The zero-order chi connectivity index (χ0) is 13.1. The van der Waals surface area contributed by atoms with Crippen LogP contribution in [0.1, 0.15) is 37.9 Å². The molecule has 0 aliphatic heterocycles. The van der Waals surface area contributed by atoms with Crippen LogP contribution in [0.25, 0.3) is 11.3 Å². The highest BCUT2D eigenvalue weighted by molar-refractivity contribution is 5.61. The molecule has 0 bridgehead atoms. The Morgan fingerprint density at radius 2 is 2.21 bits per heavy atom. The van der Waals surface area contributed by atoms with E-state index in [9.17, 15) is 0 Å². The molecule has 0 radical (unpaired) electrons. The Kier molecular flexibility index (Phi) is 3.40. The number of anilines is 1. The zero-order valence-electron chi connectivity index (χ0n) is 11.1. The second kappa shape index (κ2) is 5.34. The van der Waals surface area contributed by atoms with Crippen LogP contribution in [0.5, 0.6) is 0 Å². The average Bonchev–Trinajstić information content (AvgIpc) is 3.30. The molecule has 2 heterocycles. The predicted molar refractivity (Wildman–Crippen MR) is 76.0 cm³/mol. The van der Waals surface area contributed by atoms with Crippen molar-refractivity contribution in [2.75, 3.05) is 11.9 Å². The van der Waals surface area contributed by atoms with Crippen molar-refractivity contribution in [2.45, 2.75) is 32.1 Å². The van der Waals surface area contributed by atoms with Gasteiger partial charge in [0.25, 0.3) is 0 Å². The third kappa shape index (κ3) is 2.89. The van der Waals surface area contributed by atoms with Crippen LogP contribution in [0.15, 0.2) is 30.6 Å². The second-order valence-electron chi connectivity index (χ2n) is 4.94. The summed E-state index contributed by atoms with van der Waals surface area (Å²) in [5, 5.41) is 3.36. The first-order valence-electron chi connectivity index (χ1n) is 6.90. The van der Waals surface area contributed by atoms with Crippen LogP contribution in [0.4, 0.5) is 5.82 Å². The highest BCUT2D eigenvalue weighted by atomic mass is 15.0. The van der Waals surface area contributed by atoms with E-state index in [-0.39, 0.29) is 0 Å². The van der Waals surface area contributed by atoms with Gasteiger partial charge < -0.3 is 5.32 Å². The number of hydrogen-bond acceptors (Lipinski definition) is 4. The van der Waals surface area contributed by atoms with Crippen LogP contribution in [-0.2, 0) is 0 Å². The molecule has 98 valence electrons. The van der Waals surface area contributed by atoms with Gasteiger partial charge in [0.05, 0.1) is 5.69 Å². The van der Waals surface area contributed by atoms with Gasteiger partial charge in [0.15, 0.2) is 0 Å². The summed E-state index contributed by atoms with van der Waals surface area (Å²) in [7, 11) is 0. The molecule has 0 saturated heterocycles. The summed E-state index contributed by atoms with van der Waals surface area (Å²) in [4.78, 5) is 13.5. The molecule has 1 N–H and O–H groups in total. The minimum absolute atomic E-state index is 0.554. The Labute approximate surface area is 113 Å². The molecule has 0 unspecified atom stereocenters. The monoisotopic (exact) mass is 254 g/mol. The number of nitrogens with zero attached hydrogens (tertiary/aromatic N) is 3. The second-order valence-corrected chi connectivity index (χ2v) is 4.94. The van der Waals surface area contributed by atoms with E-state index in [1.807, 2.05) is 24.4 Å². The molecule has 1 saturated carbocycles. The summed E-state index contributed by atoms with van der Waals surface area (Å²) in [6.07, 6.45) is 7.14. The first-order chi connectivity index (χ1) is 9.36. The Hall–Kier alpha value is -1.97. The molecule has 1 aliphatic carbocycles. The van der Waals surface area contributed by atoms with Gasteiger partial charge in [-0.2, -0.15) is 0 Å². The van der Waals surface area contributed by atoms with E-state index >= 15 is 0 Å². The fourth-order valence-corrected chi connectivity index (χ4v) is 2.00. The standard InChI is InChI=1S/C15H18N4/c1-2-7-17-14-9-13(12-4-3-8-16-10-12)18-15(19-14)11-5-6-11/h3-4,8-11H,2,5-7H2,1H3,(H,17,18,19). The molecule has 1 aliphatic rings. The maximum absolute atomic E-state index is 4.68. The van der Waals surface area contributed by atoms with E-state index in [1.165, 1.54) is 12.8 Å². The summed E-state index contributed by atoms with van der Waals surface area (Å²) in [6.45, 7) is 3.09. The predicted octanol–water partition coefficient (Wildman–Crippen LogP) is 3.24. The van der Waals surface area contributed by atoms with E-state index in [2.05, 4.69) is 27.2 Å². The number of hydrogen-bond donors (Lipinski definition) is 1. The van der Waals surface area contributed by atoms with Crippen molar-refractivity contribution in [3.8, 4) is 11.3 Å². The fraction of sp³-hybridized carbons (Fsp3) is 0.400. The van der Waals surface area contributed by atoms with Crippen molar-refractivity contribution in [2.24, 2.45) is 0 Å². The average molecular weight is 254 g/mol. The van der Waals surface area contributed by atoms with E-state index in [4.69, 9.17) is 0 Å². The van der Waals surface area contributed by atoms with Gasteiger partial charge in [0, 0.05) is 36.5 Å². The molecule has 2 aromatic heterocycles. The van der Waals surface area contributed by atoms with Crippen molar-refractivity contribution >= 4 is 5.82 Å². The van der Waals surface area contributed by atoms with Crippen LogP contribution in [-0.4, -0.2) is 21.5 Å². The van der Waals surface area contributed by atoms with E-state index in [1.54, 1.807) is 6.20 Å². The first kappa shape index (κ1) is 12.1. The molecule has 0 spiro atoms.